The van der Waals surface area contributed by atoms with E-state index in [-0.39, 0.29) is 18.2 Å². The lowest BCUT2D eigenvalue weighted by molar-refractivity contribution is -0.130. The molecule has 2 heterocycles. The van der Waals surface area contributed by atoms with Crippen LogP contribution in [0.2, 0.25) is 0 Å². The maximum Gasteiger partial charge on any atom is 0.136 e. The van der Waals surface area contributed by atoms with Gasteiger partial charge in [0.2, 0.25) is 0 Å². The van der Waals surface area contributed by atoms with E-state index in [1.807, 2.05) is 6.07 Å². The summed E-state index contributed by atoms with van der Waals surface area (Å²) in [5.74, 6) is 0.362. The summed E-state index contributed by atoms with van der Waals surface area (Å²) in [6.45, 7) is 0.899. The van der Waals surface area contributed by atoms with Crippen molar-refractivity contribution >= 4 is 5.78 Å². The van der Waals surface area contributed by atoms with Gasteiger partial charge in [0.05, 0.1) is 6.10 Å². The van der Waals surface area contributed by atoms with E-state index in [0.29, 0.717) is 18.6 Å². The first kappa shape index (κ1) is 11.9. The molecule has 0 saturated carbocycles. The molecule has 3 nitrogen and oxygen atoms in total. The van der Waals surface area contributed by atoms with E-state index >= 15 is 0 Å². The zero-order valence-electron chi connectivity index (χ0n) is 10.5. The van der Waals surface area contributed by atoms with Gasteiger partial charge in [-0.05, 0) is 18.4 Å². The van der Waals surface area contributed by atoms with E-state index in [4.69, 9.17) is 0 Å². The first-order valence-electron chi connectivity index (χ1n) is 6.72. The van der Waals surface area contributed by atoms with E-state index in [2.05, 4.69) is 29.2 Å². The highest BCUT2D eigenvalue weighted by Gasteiger charge is 2.40. The fourth-order valence-corrected chi connectivity index (χ4v) is 3.36. The first-order valence-corrected chi connectivity index (χ1v) is 6.72. The largest absolute Gasteiger partial charge is 0.393 e. The molecule has 18 heavy (non-hydrogen) atoms. The number of nitrogens with zero attached hydrogens (tertiary/aromatic N) is 1. The van der Waals surface area contributed by atoms with Crippen LogP contribution >= 0.6 is 0 Å². The predicted octanol–water partition coefficient (Wildman–Crippen LogP) is 1.74. The summed E-state index contributed by atoms with van der Waals surface area (Å²) < 4.78 is 0. The average Bonchev–Trinajstić information content (AvgIpc) is 2.32. The molecule has 96 valence electrons. The molecule has 2 aliphatic heterocycles. The number of hydrogen-bond donors (Lipinski definition) is 1. The number of aliphatic hydroxyl groups is 1. The van der Waals surface area contributed by atoms with E-state index in [9.17, 15) is 9.90 Å². The monoisotopic (exact) mass is 245 g/mol. The van der Waals surface area contributed by atoms with Gasteiger partial charge in [-0.2, -0.15) is 0 Å². The summed E-state index contributed by atoms with van der Waals surface area (Å²) in [7, 11) is 0. The van der Waals surface area contributed by atoms with Crippen LogP contribution in [-0.2, 0) is 11.3 Å². The van der Waals surface area contributed by atoms with Crippen molar-refractivity contribution in [1.82, 2.24) is 4.90 Å². The third kappa shape index (κ3) is 2.33. The van der Waals surface area contributed by atoms with Crippen molar-refractivity contribution < 1.29 is 9.90 Å². The van der Waals surface area contributed by atoms with Crippen LogP contribution < -0.4 is 0 Å². The van der Waals surface area contributed by atoms with Gasteiger partial charge in [0, 0.05) is 31.5 Å². The number of ketones is 1. The van der Waals surface area contributed by atoms with Crippen molar-refractivity contribution in [2.45, 2.75) is 50.4 Å². The SMILES string of the molecule is O=C1C[C@@H]2CC(O)C[C@H](C1)N2Cc1ccccc1. The van der Waals surface area contributed by atoms with Crippen LogP contribution in [0.4, 0.5) is 0 Å². The molecule has 0 radical (unpaired) electrons. The maximum atomic E-state index is 11.7. The standard InChI is InChI=1S/C15H19NO2/c17-14-6-12-7-15(18)9-13(8-14)16(12)10-11-4-2-1-3-5-11/h1-5,12-14,17H,6-10H2/t12-,13+,14?. The summed E-state index contributed by atoms with van der Waals surface area (Å²) in [4.78, 5) is 14.1. The number of aliphatic hydroxyl groups excluding tert-OH is 1. The Balaban J connectivity index is 1.77. The molecule has 2 fully saturated rings. The second-order valence-corrected chi connectivity index (χ2v) is 5.54. The summed E-state index contributed by atoms with van der Waals surface area (Å²) in [6, 6.07) is 10.9. The van der Waals surface area contributed by atoms with Crippen molar-refractivity contribution in [3.63, 3.8) is 0 Å². The predicted molar refractivity (Wildman–Crippen MR) is 69.0 cm³/mol. The van der Waals surface area contributed by atoms with Gasteiger partial charge in [-0.1, -0.05) is 30.3 Å². The zero-order chi connectivity index (χ0) is 12.5. The Morgan fingerprint density at radius 2 is 1.72 bits per heavy atom. The van der Waals surface area contributed by atoms with Gasteiger partial charge < -0.3 is 5.11 Å². The van der Waals surface area contributed by atoms with Crippen LogP contribution in [0, 0.1) is 0 Å². The number of hydrogen-bond acceptors (Lipinski definition) is 3. The molecule has 2 saturated heterocycles. The van der Waals surface area contributed by atoms with Gasteiger partial charge in [0.1, 0.15) is 5.78 Å². The van der Waals surface area contributed by atoms with Crippen molar-refractivity contribution in [3.05, 3.63) is 35.9 Å². The number of carbonyl (C=O) groups excluding carboxylic acids is 1. The van der Waals surface area contributed by atoms with Crippen LogP contribution in [0.25, 0.3) is 0 Å². The lowest BCUT2D eigenvalue weighted by atomic mass is 9.82. The molecular weight excluding hydrogens is 226 g/mol. The fraction of sp³-hybridized carbons (Fsp3) is 0.533. The molecule has 3 rings (SSSR count). The third-order valence-electron chi connectivity index (χ3n) is 4.16. The molecule has 3 heteroatoms. The van der Waals surface area contributed by atoms with Crippen LogP contribution in [-0.4, -0.2) is 34.0 Å². The van der Waals surface area contributed by atoms with Crippen LogP contribution in [0.15, 0.2) is 30.3 Å². The summed E-state index contributed by atoms with van der Waals surface area (Å²) in [5.41, 5.74) is 1.29. The molecule has 0 aliphatic carbocycles. The van der Waals surface area contributed by atoms with Gasteiger partial charge in [0.25, 0.3) is 0 Å². The number of Topliss-reactive ketones (excluding diaryl/α,β-unsaturated/α-hetero) is 1. The molecule has 2 bridgehead atoms. The van der Waals surface area contributed by atoms with E-state index < -0.39 is 0 Å². The normalized spacial score (nSPS) is 32.5. The van der Waals surface area contributed by atoms with Crippen molar-refractivity contribution in [1.29, 1.82) is 0 Å². The number of rotatable bonds is 2. The minimum Gasteiger partial charge on any atom is -0.393 e. The second kappa shape index (κ2) is 4.82. The lowest BCUT2D eigenvalue weighted by Gasteiger charge is -2.47. The Bertz CT molecular complexity index is 413. The Morgan fingerprint density at radius 1 is 1.11 bits per heavy atom. The minimum absolute atomic E-state index is 0.222. The molecule has 1 aromatic carbocycles. The summed E-state index contributed by atoms with van der Waals surface area (Å²) >= 11 is 0. The highest BCUT2D eigenvalue weighted by atomic mass is 16.3. The van der Waals surface area contributed by atoms with Crippen molar-refractivity contribution in [3.8, 4) is 0 Å². The quantitative estimate of drug-likeness (QED) is 0.863. The molecule has 0 spiro atoms. The third-order valence-corrected chi connectivity index (χ3v) is 4.16. The summed E-state index contributed by atoms with van der Waals surface area (Å²) in [5, 5.41) is 9.85. The van der Waals surface area contributed by atoms with Gasteiger partial charge in [-0.25, -0.2) is 0 Å². The highest BCUT2D eigenvalue weighted by molar-refractivity contribution is 5.80. The molecular formula is C15H19NO2. The summed E-state index contributed by atoms with van der Waals surface area (Å²) in [6.07, 6.45) is 2.49. The first-order chi connectivity index (χ1) is 8.72. The number of carbonyl (C=O) groups is 1. The Labute approximate surface area is 107 Å². The highest BCUT2D eigenvalue weighted by Crippen LogP contribution is 2.33. The topological polar surface area (TPSA) is 40.5 Å². The molecule has 0 amide bonds. The van der Waals surface area contributed by atoms with Crippen LogP contribution in [0.5, 0.6) is 0 Å². The molecule has 0 aromatic heterocycles. The van der Waals surface area contributed by atoms with E-state index in [1.54, 1.807) is 0 Å². The van der Waals surface area contributed by atoms with Gasteiger partial charge >= 0.3 is 0 Å². The molecule has 2 aliphatic rings. The van der Waals surface area contributed by atoms with Crippen molar-refractivity contribution in [2.24, 2.45) is 0 Å². The Hall–Kier alpha value is -1.19. The molecule has 1 aromatic rings. The second-order valence-electron chi connectivity index (χ2n) is 5.54. The minimum atomic E-state index is -0.222. The van der Waals surface area contributed by atoms with Crippen LogP contribution in [0.1, 0.15) is 31.2 Å². The van der Waals surface area contributed by atoms with Gasteiger partial charge in [0.15, 0.2) is 0 Å². The molecule has 1 N–H and O–H groups in total. The van der Waals surface area contributed by atoms with Gasteiger partial charge in [-0.3, -0.25) is 9.69 Å². The van der Waals surface area contributed by atoms with E-state index in [0.717, 1.165) is 19.4 Å². The Morgan fingerprint density at radius 3 is 2.33 bits per heavy atom. The van der Waals surface area contributed by atoms with Crippen LogP contribution in [0.3, 0.4) is 0 Å². The maximum absolute atomic E-state index is 11.7. The lowest BCUT2D eigenvalue weighted by Crippen LogP contribution is -2.55. The van der Waals surface area contributed by atoms with E-state index in [1.165, 1.54) is 5.56 Å². The number of piperidine rings is 2. The fourth-order valence-electron chi connectivity index (χ4n) is 3.36. The zero-order valence-corrected chi connectivity index (χ0v) is 10.5. The molecule has 1 unspecified atom stereocenters. The smallest absolute Gasteiger partial charge is 0.136 e. The van der Waals surface area contributed by atoms with Crippen molar-refractivity contribution in [2.75, 3.05) is 0 Å². The molecule has 3 atom stereocenters. The Kier molecular flexibility index (Phi) is 3.18. The van der Waals surface area contributed by atoms with Gasteiger partial charge in [-0.15, -0.1) is 0 Å². The average molecular weight is 245 g/mol. The number of benzene rings is 1. The number of fused-ring (bicyclic) bond motifs is 2.